The van der Waals surface area contributed by atoms with Gasteiger partial charge in [0.25, 0.3) is 11.8 Å². The van der Waals surface area contributed by atoms with Crippen molar-refractivity contribution in [1.29, 1.82) is 0 Å². The molecule has 4 rings (SSSR count). The lowest BCUT2D eigenvalue weighted by atomic mass is 9.99. The highest BCUT2D eigenvalue weighted by molar-refractivity contribution is 5.92. The molecule has 0 aliphatic rings. The van der Waals surface area contributed by atoms with Crippen molar-refractivity contribution in [3.8, 4) is 0 Å². The van der Waals surface area contributed by atoms with Crippen LogP contribution in [0.25, 0.3) is 0 Å². The summed E-state index contributed by atoms with van der Waals surface area (Å²) in [7, 11) is 2.62. The summed E-state index contributed by atoms with van der Waals surface area (Å²) in [5, 5.41) is 32.9. The molecule has 0 spiro atoms. The fraction of sp³-hybridized carbons (Fsp3) is 0.263. The number of rotatable bonds is 17. The molecule has 52 heavy (non-hydrogen) atoms. The summed E-state index contributed by atoms with van der Waals surface area (Å²) in [5.41, 5.74) is 1.30. The first-order chi connectivity index (χ1) is 25.0. The van der Waals surface area contributed by atoms with Gasteiger partial charge in [0.2, 0.25) is 11.8 Å². The molecule has 0 bridgehead atoms. The van der Waals surface area contributed by atoms with Crippen LogP contribution in [0.4, 0.5) is 8.78 Å². The van der Waals surface area contributed by atoms with E-state index in [0.29, 0.717) is 11.1 Å². The third-order valence-electron chi connectivity index (χ3n) is 7.99. The number of aliphatic hydroxyl groups is 2. The molecule has 6 N–H and O–H groups in total. The Morgan fingerprint density at radius 2 is 0.923 bits per heavy atom. The van der Waals surface area contributed by atoms with Crippen LogP contribution in [0.1, 0.15) is 34.3 Å². The normalized spacial score (nSPS) is 14.5. The molecule has 14 heteroatoms. The van der Waals surface area contributed by atoms with Crippen LogP contribution in [0.5, 0.6) is 0 Å². The molecule has 0 heterocycles. The van der Waals surface area contributed by atoms with Crippen LogP contribution in [0.3, 0.4) is 0 Å². The molecular weight excluding hydrogens is 678 g/mol. The number of hydrogen-bond donors (Lipinski definition) is 6. The number of likely N-dealkylation sites (N-methyl/N-ethyl adjacent to an activating group) is 2. The number of benzene rings is 4. The number of hydrogen-bond acceptors (Lipinski definition) is 8. The van der Waals surface area contributed by atoms with Crippen molar-refractivity contribution in [2.75, 3.05) is 14.1 Å². The van der Waals surface area contributed by atoms with E-state index in [0.717, 1.165) is 24.3 Å². The molecule has 0 radical (unpaired) electrons. The van der Waals surface area contributed by atoms with E-state index in [1.165, 1.54) is 38.4 Å². The van der Waals surface area contributed by atoms with E-state index in [2.05, 4.69) is 21.3 Å². The van der Waals surface area contributed by atoms with Crippen LogP contribution in [0.15, 0.2) is 109 Å². The molecule has 12 nitrogen and oxygen atoms in total. The lowest BCUT2D eigenvalue weighted by molar-refractivity contribution is -0.171. The van der Waals surface area contributed by atoms with E-state index in [1.54, 1.807) is 60.7 Å². The van der Waals surface area contributed by atoms with E-state index in [-0.39, 0.29) is 24.3 Å². The number of aliphatic hydroxyl groups excluding tert-OH is 2. The van der Waals surface area contributed by atoms with Gasteiger partial charge in [-0.2, -0.15) is 0 Å². The molecule has 4 aromatic carbocycles. The van der Waals surface area contributed by atoms with Crippen molar-refractivity contribution in [2.45, 2.75) is 49.7 Å². The molecule has 0 aliphatic heterocycles. The monoisotopic (exact) mass is 718 g/mol. The largest absolute Gasteiger partial charge is 0.387 e. The Morgan fingerprint density at radius 1 is 0.558 bits per heavy atom. The molecule has 274 valence electrons. The minimum absolute atomic E-state index is 0.0746. The van der Waals surface area contributed by atoms with Gasteiger partial charge in [-0.1, -0.05) is 84.9 Å². The van der Waals surface area contributed by atoms with E-state index >= 15 is 0 Å². The standard InChI is InChI=1S/C38H40F2N4O8/c1-41-35(47)29(25-15-9-17-27(39)19-25)43-37(49)33(51-21-23-11-5-3-6-12-23)31(45)32(46)34(52-22-24-13-7-4-8-14-24)38(50)44-30(36(48)42-2)26-16-10-18-28(40)20-26/h3-20,29-34,45-46H,21-22H2,1-2H3,(H,41,47)(H,42,48)(H,43,49)(H,44,50)/t29?,30?,31-,32-,33-,34-/m1/s1. The van der Waals surface area contributed by atoms with E-state index in [4.69, 9.17) is 9.47 Å². The molecule has 0 aliphatic carbocycles. The highest BCUT2D eigenvalue weighted by atomic mass is 19.1. The third kappa shape index (κ3) is 10.7. The van der Waals surface area contributed by atoms with Gasteiger partial charge >= 0.3 is 0 Å². The van der Waals surface area contributed by atoms with Crippen LogP contribution in [-0.4, -0.2) is 72.4 Å². The maximum absolute atomic E-state index is 14.1. The first-order valence-electron chi connectivity index (χ1n) is 16.2. The van der Waals surface area contributed by atoms with E-state index in [9.17, 15) is 38.2 Å². The second-order valence-electron chi connectivity index (χ2n) is 11.6. The fourth-order valence-corrected chi connectivity index (χ4v) is 5.25. The Morgan fingerprint density at radius 3 is 1.25 bits per heavy atom. The molecule has 6 atom stereocenters. The van der Waals surface area contributed by atoms with Gasteiger partial charge in [0.1, 0.15) is 35.9 Å². The summed E-state index contributed by atoms with van der Waals surface area (Å²) in [6, 6.07) is 24.1. The molecule has 4 aromatic rings. The summed E-state index contributed by atoms with van der Waals surface area (Å²) in [6.45, 7) is -0.513. The van der Waals surface area contributed by atoms with Crippen LogP contribution >= 0.6 is 0 Å². The number of ether oxygens (including phenoxy) is 2. The average molecular weight is 719 g/mol. The second-order valence-corrected chi connectivity index (χ2v) is 11.6. The van der Waals surface area contributed by atoms with Gasteiger partial charge in [0.05, 0.1) is 13.2 Å². The Labute approximate surface area is 299 Å². The SMILES string of the molecule is CNC(=O)C(NC(=O)[C@H](OCc1ccccc1)[C@H](O)[C@@H](O)[C@@H](OCc1ccccc1)C(=O)NC(C(=O)NC)c1cccc(F)c1)c1cccc(F)c1. The van der Waals surface area contributed by atoms with Gasteiger partial charge < -0.3 is 41.0 Å². The quantitative estimate of drug-likeness (QED) is 0.0965. The predicted molar refractivity (Wildman–Crippen MR) is 185 cm³/mol. The zero-order chi connectivity index (χ0) is 37.6. The Hall–Kier alpha value is -5.54. The van der Waals surface area contributed by atoms with Gasteiger partial charge in [-0.25, -0.2) is 8.78 Å². The Kier molecular flexibility index (Phi) is 14.5. The second kappa shape index (κ2) is 19.2. The van der Waals surface area contributed by atoms with Crippen molar-refractivity contribution in [1.82, 2.24) is 21.3 Å². The molecule has 0 saturated carbocycles. The van der Waals surface area contributed by atoms with Crippen LogP contribution < -0.4 is 21.3 Å². The highest BCUT2D eigenvalue weighted by Gasteiger charge is 2.42. The lowest BCUT2D eigenvalue weighted by Gasteiger charge is -2.32. The average Bonchev–Trinajstić information content (AvgIpc) is 3.16. The Bertz CT molecular complexity index is 1670. The maximum atomic E-state index is 14.1. The number of amides is 4. The smallest absolute Gasteiger partial charge is 0.252 e. The molecule has 0 saturated heterocycles. The minimum atomic E-state index is -2.19. The number of nitrogens with one attached hydrogen (secondary N) is 4. The fourth-order valence-electron chi connectivity index (χ4n) is 5.25. The third-order valence-corrected chi connectivity index (χ3v) is 7.99. The lowest BCUT2D eigenvalue weighted by Crippen LogP contribution is -2.57. The van der Waals surface area contributed by atoms with Gasteiger partial charge in [0.15, 0.2) is 12.2 Å². The summed E-state index contributed by atoms with van der Waals surface area (Å²) in [4.78, 5) is 53.5. The minimum Gasteiger partial charge on any atom is -0.387 e. The molecule has 4 amide bonds. The van der Waals surface area contributed by atoms with Crippen LogP contribution in [-0.2, 0) is 41.9 Å². The highest BCUT2D eigenvalue weighted by Crippen LogP contribution is 2.21. The predicted octanol–water partition coefficient (Wildman–Crippen LogP) is 2.36. The number of carbonyl (C=O) groups excluding carboxylic acids is 4. The van der Waals surface area contributed by atoms with Gasteiger partial charge in [-0.15, -0.1) is 0 Å². The van der Waals surface area contributed by atoms with Crippen molar-refractivity contribution in [2.24, 2.45) is 0 Å². The summed E-state index contributed by atoms with van der Waals surface area (Å²) in [6.07, 6.45) is -8.27. The molecule has 0 fully saturated rings. The van der Waals surface area contributed by atoms with Crippen molar-refractivity contribution in [3.63, 3.8) is 0 Å². The van der Waals surface area contributed by atoms with Crippen molar-refractivity contribution in [3.05, 3.63) is 143 Å². The Balaban J connectivity index is 1.68. The number of carbonyl (C=O) groups is 4. The summed E-state index contributed by atoms with van der Waals surface area (Å²) in [5.74, 6) is -4.98. The zero-order valence-electron chi connectivity index (χ0n) is 28.4. The summed E-state index contributed by atoms with van der Waals surface area (Å²) >= 11 is 0. The molecule has 0 aromatic heterocycles. The topological polar surface area (TPSA) is 175 Å². The van der Waals surface area contributed by atoms with E-state index in [1.807, 2.05) is 0 Å². The van der Waals surface area contributed by atoms with Gasteiger partial charge in [-0.3, -0.25) is 19.2 Å². The van der Waals surface area contributed by atoms with Crippen molar-refractivity contribution < 1.29 is 47.6 Å². The zero-order valence-corrected chi connectivity index (χ0v) is 28.4. The van der Waals surface area contributed by atoms with Crippen molar-refractivity contribution >= 4 is 23.6 Å². The maximum Gasteiger partial charge on any atom is 0.252 e. The summed E-state index contributed by atoms with van der Waals surface area (Å²) < 4.78 is 40.0. The van der Waals surface area contributed by atoms with Crippen LogP contribution in [0.2, 0.25) is 0 Å². The first kappa shape index (κ1) is 39.2. The van der Waals surface area contributed by atoms with Gasteiger partial charge in [0, 0.05) is 14.1 Å². The first-order valence-corrected chi connectivity index (χ1v) is 16.2. The molecular formula is C38H40F2N4O8. The van der Waals surface area contributed by atoms with Gasteiger partial charge in [-0.05, 0) is 46.5 Å². The molecule has 2 unspecified atom stereocenters. The van der Waals surface area contributed by atoms with Crippen LogP contribution in [0, 0.1) is 11.6 Å². The van der Waals surface area contributed by atoms with E-state index < -0.39 is 71.8 Å². The number of halogens is 2.